The fourth-order valence-corrected chi connectivity index (χ4v) is 2.72. The number of ether oxygens (including phenoxy) is 2. The summed E-state index contributed by atoms with van der Waals surface area (Å²) in [7, 11) is 1.61. The van der Waals surface area contributed by atoms with Crippen LogP contribution in [-0.2, 0) is 11.2 Å². The van der Waals surface area contributed by atoms with Crippen molar-refractivity contribution < 1.29 is 14.3 Å². The van der Waals surface area contributed by atoms with E-state index in [1.165, 1.54) is 5.56 Å². The molecule has 0 spiro atoms. The van der Waals surface area contributed by atoms with E-state index in [1.54, 1.807) is 25.0 Å². The molecule has 0 unspecified atom stereocenters. The lowest BCUT2D eigenvalue weighted by molar-refractivity contribution is -0.124. The van der Waals surface area contributed by atoms with E-state index in [0.29, 0.717) is 18.0 Å². The van der Waals surface area contributed by atoms with Gasteiger partial charge in [0.15, 0.2) is 6.10 Å². The summed E-state index contributed by atoms with van der Waals surface area (Å²) in [6.45, 7) is 2.49. The SMILES string of the molecule is COc1cccc(O[C@H](C)C(=O)N2CCc3ccccc32)c1. The minimum Gasteiger partial charge on any atom is -0.497 e. The molecule has 4 nitrogen and oxygen atoms in total. The van der Waals surface area contributed by atoms with Crippen molar-refractivity contribution in [3.05, 3.63) is 54.1 Å². The predicted molar refractivity (Wildman–Crippen MR) is 85.6 cm³/mol. The molecule has 22 heavy (non-hydrogen) atoms. The summed E-state index contributed by atoms with van der Waals surface area (Å²) in [6, 6.07) is 15.3. The number of hydrogen-bond acceptors (Lipinski definition) is 3. The molecular weight excluding hydrogens is 278 g/mol. The summed E-state index contributed by atoms with van der Waals surface area (Å²) < 4.78 is 10.9. The Hall–Kier alpha value is -2.49. The van der Waals surface area contributed by atoms with E-state index in [4.69, 9.17) is 9.47 Å². The molecule has 1 aliphatic heterocycles. The van der Waals surface area contributed by atoms with Gasteiger partial charge in [-0.1, -0.05) is 24.3 Å². The molecule has 4 heteroatoms. The van der Waals surface area contributed by atoms with E-state index in [-0.39, 0.29) is 5.91 Å². The molecule has 0 aromatic heterocycles. The fraction of sp³-hybridized carbons (Fsp3) is 0.278. The summed E-state index contributed by atoms with van der Waals surface area (Å²) in [5.74, 6) is 1.32. The van der Waals surface area contributed by atoms with Crippen molar-refractivity contribution in [3.63, 3.8) is 0 Å². The van der Waals surface area contributed by atoms with E-state index in [2.05, 4.69) is 6.07 Å². The van der Waals surface area contributed by atoms with Gasteiger partial charge in [0.2, 0.25) is 0 Å². The Kier molecular flexibility index (Phi) is 4.00. The predicted octanol–water partition coefficient (Wildman–Crippen LogP) is 3.05. The lowest BCUT2D eigenvalue weighted by atomic mass is 10.2. The molecule has 2 aromatic carbocycles. The number of amides is 1. The molecule has 1 atom stereocenters. The number of carbonyl (C=O) groups is 1. The van der Waals surface area contributed by atoms with Gasteiger partial charge in [0.05, 0.1) is 7.11 Å². The highest BCUT2D eigenvalue weighted by Gasteiger charge is 2.28. The van der Waals surface area contributed by atoms with Crippen LogP contribution in [0.25, 0.3) is 0 Å². The highest BCUT2D eigenvalue weighted by molar-refractivity contribution is 5.98. The van der Waals surface area contributed by atoms with Crippen LogP contribution in [-0.4, -0.2) is 25.7 Å². The second-order valence-corrected chi connectivity index (χ2v) is 5.31. The van der Waals surface area contributed by atoms with Crippen molar-refractivity contribution in [1.29, 1.82) is 0 Å². The molecule has 0 saturated heterocycles. The molecule has 0 saturated carbocycles. The summed E-state index contributed by atoms with van der Waals surface area (Å²) >= 11 is 0. The average Bonchev–Trinajstić information content (AvgIpc) is 2.98. The van der Waals surface area contributed by atoms with Gasteiger partial charge in [-0.3, -0.25) is 4.79 Å². The van der Waals surface area contributed by atoms with Crippen molar-refractivity contribution in [2.45, 2.75) is 19.4 Å². The molecule has 0 fully saturated rings. The van der Waals surface area contributed by atoms with Crippen LogP contribution in [0.4, 0.5) is 5.69 Å². The van der Waals surface area contributed by atoms with Crippen LogP contribution in [0.15, 0.2) is 48.5 Å². The lowest BCUT2D eigenvalue weighted by Crippen LogP contribution is -2.39. The topological polar surface area (TPSA) is 38.8 Å². The average molecular weight is 297 g/mol. The molecule has 0 N–H and O–H groups in total. The van der Waals surface area contributed by atoms with Crippen molar-refractivity contribution in [3.8, 4) is 11.5 Å². The maximum atomic E-state index is 12.6. The van der Waals surface area contributed by atoms with Gasteiger partial charge in [0.1, 0.15) is 11.5 Å². The quantitative estimate of drug-likeness (QED) is 0.870. The second-order valence-electron chi connectivity index (χ2n) is 5.31. The first-order valence-corrected chi connectivity index (χ1v) is 7.39. The Bertz CT molecular complexity index is 684. The first-order chi connectivity index (χ1) is 10.7. The van der Waals surface area contributed by atoms with Crippen LogP contribution >= 0.6 is 0 Å². The van der Waals surface area contributed by atoms with E-state index < -0.39 is 6.10 Å². The number of fused-ring (bicyclic) bond motifs is 1. The van der Waals surface area contributed by atoms with Gasteiger partial charge >= 0.3 is 0 Å². The number of nitrogens with zero attached hydrogens (tertiary/aromatic N) is 1. The monoisotopic (exact) mass is 297 g/mol. The maximum Gasteiger partial charge on any atom is 0.267 e. The van der Waals surface area contributed by atoms with Crippen molar-refractivity contribution in [2.24, 2.45) is 0 Å². The van der Waals surface area contributed by atoms with E-state index in [9.17, 15) is 4.79 Å². The summed E-state index contributed by atoms with van der Waals surface area (Å²) in [4.78, 5) is 14.4. The third-order valence-corrected chi connectivity index (χ3v) is 3.86. The molecule has 0 aliphatic carbocycles. The molecule has 3 rings (SSSR count). The van der Waals surface area contributed by atoms with Crippen LogP contribution in [0, 0.1) is 0 Å². The first-order valence-electron chi connectivity index (χ1n) is 7.39. The Balaban J connectivity index is 1.73. The molecule has 114 valence electrons. The number of hydrogen-bond donors (Lipinski definition) is 0. The second kappa shape index (κ2) is 6.10. The van der Waals surface area contributed by atoms with Crippen LogP contribution < -0.4 is 14.4 Å². The number of methoxy groups -OCH3 is 1. The largest absolute Gasteiger partial charge is 0.497 e. The minimum atomic E-state index is -0.543. The number of anilines is 1. The minimum absolute atomic E-state index is 0.0206. The van der Waals surface area contributed by atoms with Gasteiger partial charge in [-0.15, -0.1) is 0 Å². The van der Waals surface area contributed by atoms with Crippen LogP contribution in [0.2, 0.25) is 0 Å². The van der Waals surface area contributed by atoms with Gasteiger partial charge in [0, 0.05) is 18.3 Å². The van der Waals surface area contributed by atoms with E-state index in [0.717, 1.165) is 12.1 Å². The third-order valence-electron chi connectivity index (χ3n) is 3.86. The molecule has 0 bridgehead atoms. The highest BCUT2D eigenvalue weighted by atomic mass is 16.5. The Morgan fingerprint density at radius 3 is 2.73 bits per heavy atom. The first kappa shape index (κ1) is 14.4. The standard InChI is InChI=1S/C18H19NO3/c1-13(22-16-8-5-7-15(12-16)21-2)18(20)19-11-10-14-6-3-4-9-17(14)19/h3-9,12-13H,10-11H2,1-2H3/t13-/m1/s1. The zero-order valence-corrected chi connectivity index (χ0v) is 12.8. The number of para-hydroxylation sites is 1. The van der Waals surface area contributed by atoms with E-state index >= 15 is 0 Å². The number of benzene rings is 2. The fourth-order valence-electron chi connectivity index (χ4n) is 2.72. The molecule has 1 aliphatic rings. The van der Waals surface area contributed by atoms with Crippen LogP contribution in [0.5, 0.6) is 11.5 Å². The van der Waals surface area contributed by atoms with E-state index in [1.807, 2.05) is 36.4 Å². The van der Waals surface area contributed by atoms with Crippen molar-refractivity contribution in [2.75, 3.05) is 18.6 Å². The van der Waals surface area contributed by atoms with Gasteiger partial charge in [-0.05, 0) is 37.1 Å². The van der Waals surface area contributed by atoms with Crippen molar-refractivity contribution in [1.82, 2.24) is 0 Å². The summed E-state index contributed by atoms with van der Waals surface area (Å²) in [5.41, 5.74) is 2.21. The van der Waals surface area contributed by atoms with Gasteiger partial charge in [-0.25, -0.2) is 0 Å². The molecular formula is C18H19NO3. The number of carbonyl (C=O) groups excluding carboxylic acids is 1. The van der Waals surface area contributed by atoms with Gasteiger partial charge < -0.3 is 14.4 Å². The Labute approximate surface area is 130 Å². The molecule has 2 aromatic rings. The zero-order chi connectivity index (χ0) is 15.5. The van der Waals surface area contributed by atoms with Gasteiger partial charge in [0.25, 0.3) is 5.91 Å². The molecule has 1 amide bonds. The maximum absolute atomic E-state index is 12.6. The third kappa shape index (κ3) is 2.77. The number of rotatable bonds is 4. The Morgan fingerprint density at radius 1 is 1.14 bits per heavy atom. The smallest absolute Gasteiger partial charge is 0.267 e. The van der Waals surface area contributed by atoms with Crippen LogP contribution in [0.3, 0.4) is 0 Å². The highest BCUT2D eigenvalue weighted by Crippen LogP contribution is 2.28. The molecule has 0 radical (unpaired) electrons. The van der Waals surface area contributed by atoms with Crippen molar-refractivity contribution >= 4 is 11.6 Å². The van der Waals surface area contributed by atoms with Crippen LogP contribution in [0.1, 0.15) is 12.5 Å². The summed E-state index contributed by atoms with van der Waals surface area (Å²) in [5, 5.41) is 0. The zero-order valence-electron chi connectivity index (χ0n) is 12.8. The molecule has 1 heterocycles. The normalized spacial score (nSPS) is 14.4. The summed E-state index contributed by atoms with van der Waals surface area (Å²) in [6.07, 6.45) is 0.353. The Morgan fingerprint density at radius 2 is 1.91 bits per heavy atom. The van der Waals surface area contributed by atoms with Gasteiger partial charge in [-0.2, -0.15) is 0 Å². The lowest BCUT2D eigenvalue weighted by Gasteiger charge is -2.22.